The molecule has 0 saturated heterocycles. The van der Waals surface area contributed by atoms with Crippen LogP contribution in [0.4, 0.5) is 5.69 Å². The Labute approximate surface area is 166 Å². The molecule has 138 valence electrons. The molecule has 0 bridgehead atoms. The first-order chi connectivity index (χ1) is 12.8. The van der Waals surface area contributed by atoms with E-state index in [0.717, 1.165) is 4.47 Å². The van der Waals surface area contributed by atoms with Crippen LogP contribution < -0.4 is 10.4 Å². The van der Waals surface area contributed by atoms with Gasteiger partial charge in [-0.1, -0.05) is 58.4 Å². The highest BCUT2D eigenvalue weighted by Crippen LogP contribution is 2.22. The van der Waals surface area contributed by atoms with E-state index in [0.29, 0.717) is 16.8 Å². The monoisotopic (exact) mass is 443 g/mol. The quantitative estimate of drug-likeness (QED) is 0.486. The second kappa shape index (κ2) is 7.94. The molecule has 0 radical (unpaired) electrons. The molecule has 0 aliphatic carbocycles. The summed E-state index contributed by atoms with van der Waals surface area (Å²) < 4.78 is 30.3. The maximum atomic E-state index is 12.8. The van der Waals surface area contributed by atoms with Crippen LogP contribution >= 0.6 is 15.9 Å². The zero-order valence-corrected chi connectivity index (χ0v) is 16.8. The smallest absolute Gasteiger partial charge is 0.284 e. The van der Waals surface area contributed by atoms with Gasteiger partial charge in [0.2, 0.25) is 0 Å². The summed E-state index contributed by atoms with van der Waals surface area (Å²) in [6.07, 6.45) is 0. The highest BCUT2D eigenvalue weighted by Gasteiger charge is 2.16. The van der Waals surface area contributed by atoms with Gasteiger partial charge in [-0.15, -0.1) is 10.1 Å². The molecular weight excluding hydrogens is 428 g/mol. The molecule has 3 rings (SSSR count). The van der Waals surface area contributed by atoms with E-state index in [1.54, 1.807) is 49.4 Å². The van der Waals surface area contributed by atoms with Crippen LogP contribution in [0.2, 0.25) is 0 Å². The Kier molecular flexibility index (Phi) is 5.62. The molecule has 5 nitrogen and oxygen atoms in total. The van der Waals surface area contributed by atoms with Gasteiger partial charge in [0.25, 0.3) is 10.0 Å². The maximum Gasteiger partial charge on any atom is 0.284 e. The summed E-state index contributed by atoms with van der Waals surface area (Å²) in [5, 5.41) is 14.5. The van der Waals surface area contributed by atoms with Gasteiger partial charge in [0, 0.05) is 15.7 Å². The van der Waals surface area contributed by atoms with E-state index in [4.69, 9.17) is 0 Å². The Bertz CT molecular complexity index is 1080. The third kappa shape index (κ3) is 4.75. The molecule has 0 fully saturated rings. The number of amidine groups is 1. The van der Waals surface area contributed by atoms with Crippen molar-refractivity contribution in [3.8, 4) is 5.75 Å². The van der Waals surface area contributed by atoms with Crippen LogP contribution in [0.3, 0.4) is 0 Å². The minimum atomic E-state index is -3.92. The topological polar surface area (TPSA) is 81.6 Å². The number of hydrogen-bond donors (Lipinski definition) is 1. The Balaban J connectivity index is 2.07. The third-order valence-corrected chi connectivity index (χ3v) is 5.64. The van der Waals surface area contributed by atoms with Gasteiger partial charge < -0.3 is 10.4 Å². The Morgan fingerprint density at radius 3 is 2.30 bits per heavy atom. The van der Waals surface area contributed by atoms with E-state index in [1.165, 1.54) is 24.3 Å². The lowest BCUT2D eigenvalue weighted by Gasteiger charge is -2.15. The molecule has 0 heterocycles. The number of benzene rings is 3. The van der Waals surface area contributed by atoms with Gasteiger partial charge in [0.05, 0.1) is 4.90 Å². The Morgan fingerprint density at radius 1 is 1.00 bits per heavy atom. The second-order valence-electron chi connectivity index (χ2n) is 5.84. The minimum Gasteiger partial charge on any atom is -0.872 e. The summed E-state index contributed by atoms with van der Waals surface area (Å²) in [6, 6.07) is 19.7. The molecule has 0 spiro atoms. The zero-order valence-electron chi connectivity index (χ0n) is 14.4. The standard InChI is InChI=1S/C20H17BrN2O3S/c1-14-13-17(24)9-12-19(14)22-20(15-5-3-2-4-6-15)23-27(25,26)18-10-7-16(21)8-11-18/h2-13,24H,1H3,(H,22,23)/p-1. The molecule has 27 heavy (non-hydrogen) atoms. The highest BCUT2D eigenvalue weighted by molar-refractivity contribution is 9.10. The number of aryl methyl sites for hydroxylation is 1. The summed E-state index contributed by atoms with van der Waals surface area (Å²) in [4.78, 5) is 0.0903. The van der Waals surface area contributed by atoms with Crippen molar-refractivity contribution >= 4 is 37.5 Å². The maximum absolute atomic E-state index is 12.8. The zero-order chi connectivity index (χ0) is 19.4. The summed E-state index contributed by atoms with van der Waals surface area (Å²) in [6.45, 7) is 1.77. The SMILES string of the molecule is Cc1cc([O-])ccc1NC(=NS(=O)(=O)c1ccc(Br)cc1)c1ccccc1. The van der Waals surface area contributed by atoms with Gasteiger partial charge in [-0.2, -0.15) is 8.42 Å². The van der Waals surface area contributed by atoms with Gasteiger partial charge in [0.15, 0.2) is 5.84 Å². The number of rotatable bonds is 4. The molecule has 0 aliphatic heterocycles. The number of sulfonamides is 1. The van der Waals surface area contributed by atoms with Crippen LogP contribution in [0.15, 0.2) is 86.6 Å². The van der Waals surface area contributed by atoms with Gasteiger partial charge in [-0.05, 0) is 42.8 Å². The molecule has 3 aromatic rings. The lowest BCUT2D eigenvalue weighted by Crippen LogP contribution is -2.17. The number of nitrogens with one attached hydrogen (secondary N) is 1. The molecular formula is C20H16BrN2O3S-. The predicted octanol–water partition coefficient (Wildman–Crippen LogP) is 4.08. The first kappa shape index (κ1) is 19.1. The molecule has 7 heteroatoms. The Hall–Kier alpha value is -2.64. The van der Waals surface area contributed by atoms with Gasteiger partial charge >= 0.3 is 0 Å². The Morgan fingerprint density at radius 2 is 1.67 bits per heavy atom. The molecule has 0 unspecified atom stereocenters. The van der Waals surface area contributed by atoms with Crippen molar-refractivity contribution in [2.45, 2.75) is 11.8 Å². The molecule has 3 aromatic carbocycles. The summed E-state index contributed by atoms with van der Waals surface area (Å²) in [7, 11) is -3.92. The van der Waals surface area contributed by atoms with Crippen molar-refractivity contribution < 1.29 is 13.5 Å². The summed E-state index contributed by atoms with van der Waals surface area (Å²) in [5.41, 5.74) is 1.93. The van der Waals surface area contributed by atoms with E-state index in [-0.39, 0.29) is 16.5 Å². The summed E-state index contributed by atoms with van der Waals surface area (Å²) >= 11 is 3.29. The fraction of sp³-hybridized carbons (Fsp3) is 0.0500. The lowest BCUT2D eigenvalue weighted by molar-refractivity contribution is -0.268. The first-order valence-corrected chi connectivity index (χ1v) is 10.3. The number of nitrogens with zero attached hydrogens (tertiary/aromatic N) is 1. The number of hydrogen-bond acceptors (Lipinski definition) is 3. The molecule has 0 amide bonds. The van der Waals surface area contributed by atoms with E-state index in [9.17, 15) is 13.5 Å². The molecule has 0 saturated carbocycles. The normalized spacial score (nSPS) is 12.0. The van der Waals surface area contributed by atoms with Crippen LogP contribution in [-0.2, 0) is 10.0 Å². The molecule has 1 N–H and O–H groups in total. The fourth-order valence-electron chi connectivity index (χ4n) is 2.43. The molecule has 0 aliphatic rings. The van der Waals surface area contributed by atoms with E-state index in [1.807, 2.05) is 6.07 Å². The van der Waals surface area contributed by atoms with Gasteiger partial charge in [-0.25, -0.2) is 0 Å². The van der Waals surface area contributed by atoms with Crippen LogP contribution in [0.25, 0.3) is 0 Å². The van der Waals surface area contributed by atoms with E-state index < -0.39 is 10.0 Å². The van der Waals surface area contributed by atoms with Crippen molar-refractivity contribution in [3.05, 3.63) is 88.4 Å². The van der Waals surface area contributed by atoms with Crippen molar-refractivity contribution in [1.29, 1.82) is 0 Å². The second-order valence-corrected chi connectivity index (χ2v) is 8.36. The predicted molar refractivity (Wildman–Crippen MR) is 109 cm³/mol. The van der Waals surface area contributed by atoms with Crippen LogP contribution in [0.1, 0.15) is 11.1 Å². The highest BCUT2D eigenvalue weighted by atomic mass is 79.9. The average Bonchev–Trinajstić information content (AvgIpc) is 2.64. The average molecular weight is 444 g/mol. The lowest BCUT2D eigenvalue weighted by atomic mass is 10.1. The van der Waals surface area contributed by atoms with Crippen molar-refractivity contribution in [2.24, 2.45) is 4.40 Å². The summed E-state index contributed by atoms with van der Waals surface area (Å²) in [5.74, 6) is 0.0685. The van der Waals surface area contributed by atoms with Gasteiger partial charge in [-0.3, -0.25) is 0 Å². The van der Waals surface area contributed by atoms with Crippen LogP contribution in [0.5, 0.6) is 5.75 Å². The van der Waals surface area contributed by atoms with Crippen molar-refractivity contribution in [1.82, 2.24) is 0 Å². The molecule has 0 atom stereocenters. The van der Waals surface area contributed by atoms with Crippen molar-refractivity contribution in [2.75, 3.05) is 5.32 Å². The third-order valence-electron chi connectivity index (χ3n) is 3.82. The van der Waals surface area contributed by atoms with Gasteiger partial charge in [0.1, 0.15) is 0 Å². The van der Waals surface area contributed by atoms with E-state index >= 15 is 0 Å². The molecule has 0 aromatic heterocycles. The minimum absolute atomic E-state index is 0.0903. The first-order valence-electron chi connectivity index (χ1n) is 8.06. The number of anilines is 1. The fourth-order valence-corrected chi connectivity index (χ4v) is 3.67. The van der Waals surface area contributed by atoms with Crippen LogP contribution in [-0.4, -0.2) is 14.3 Å². The van der Waals surface area contributed by atoms with E-state index in [2.05, 4.69) is 25.6 Å². The largest absolute Gasteiger partial charge is 0.872 e. The van der Waals surface area contributed by atoms with Crippen LogP contribution in [0, 0.1) is 6.92 Å². The van der Waals surface area contributed by atoms with Crippen molar-refractivity contribution in [3.63, 3.8) is 0 Å². The number of halogens is 1.